The van der Waals surface area contributed by atoms with Gasteiger partial charge in [0.2, 0.25) is 11.8 Å². The Morgan fingerprint density at radius 3 is 2.15 bits per heavy atom. The Hall–Kier alpha value is -3.19. The lowest BCUT2D eigenvalue weighted by atomic mass is 10.0. The van der Waals surface area contributed by atoms with E-state index in [-0.39, 0.29) is 29.8 Å². The van der Waals surface area contributed by atoms with Gasteiger partial charge in [-0.15, -0.1) is 0 Å². The van der Waals surface area contributed by atoms with Crippen molar-refractivity contribution in [1.29, 1.82) is 0 Å². The van der Waals surface area contributed by atoms with Crippen molar-refractivity contribution in [3.8, 4) is 0 Å². The molecule has 2 saturated heterocycles. The van der Waals surface area contributed by atoms with Crippen LogP contribution in [0.2, 0.25) is 0 Å². The Kier molecular flexibility index (Phi) is 7.63. The quantitative estimate of drug-likeness (QED) is 0.661. The van der Waals surface area contributed by atoms with Gasteiger partial charge in [-0.3, -0.25) is 19.3 Å². The van der Waals surface area contributed by atoms with E-state index in [1.807, 2.05) is 67.6 Å². The molecule has 2 heterocycles. The van der Waals surface area contributed by atoms with Crippen molar-refractivity contribution < 1.29 is 14.4 Å². The molecule has 2 fully saturated rings. The maximum absolute atomic E-state index is 14.0. The van der Waals surface area contributed by atoms with Crippen molar-refractivity contribution in [2.75, 3.05) is 11.9 Å². The number of anilines is 2. The van der Waals surface area contributed by atoms with Gasteiger partial charge in [-0.1, -0.05) is 43.3 Å². The van der Waals surface area contributed by atoms with E-state index in [9.17, 15) is 14.4 Å². The average Bonchev–Trinajstić information content (AvgIpc) is 3.22. The number of carbonyl (C=O) groups is 3. The number of rotatable bonds is 7. The zero-order valence-corrected chi connectivity index (χ0v) is 19.9. The van der Waals surface area contributed by atoms with E-state index in [4.69, 9.17) is 0 Å². The summed E-state index contributed by atoms with van der Waals surface area (Å²) in [6.07, 6.45) is 4.35. The molecule has 0 radical (unpaired) electrons. The molecule has 3 amide bonds. The van der Waals surface area contributed by atoms with Crippen molar-refractivity contribution in [3.63, 3.8) is 0 Å². The molecule has 34 heavy (non-hydrogen) atoms. The molecule has 2 aliphatic heterocycles. The molecule has 0 aliphatic carbocycles. The Morgan fingerprint density at radius 2 is 1.59 bits per heavy atom. The van der Waals surface area contributed by atoms with Crippen molar-refractivity contribution in [3.05, 3.63) is 60.7 Å². The van der Waals surface area contributed by atoms with Crippen LogP contribution in [0.1, 0.15) is 45.4 Å². The van der Waals surface area contributed by atoms with Gasteiger partial charge in [-0.25, -0.2) is 0 Å². The van der Waals surface area contributed by atoms with Crippen LogP contribution in [-0.4, -0.2) is 53.8 Å². The minimum absolute atomic E-state index is 0.0306. The summed E-state index contributed by atoms with van der Waals surface area (Å²) in [6.45, 7) is 1.93. The lowest BCUT2D eigenvalue weighted by molar-refractivity contribution is -0.142. The van der Waals surface area contributed by atoms with Crippen LogP contribution in [0.3, 0.4) is 0 Å². The van der Waals surface area contributed by atoms with Crippen LogP contribution >= 0.6 is 0 Å². The minimum atomic E-state index is -0.602. The summed E-state index contributed by atoms with van der Waals surface area (Å²) < 4.78 is 0. The molecule has 0 saturated carbocycles. The van der Waals surface area contributed by atoms with Crippen LogP contribution in [0.4, 0.5) is 11.4 Å². The van der Waals surface area contributed by atoms with Gasteiger partial charge in [0, 0.05) is 17.4 Å². The first-order valence-electron chi connectivity index (χ1n) is 12.3. The first-order chi connectivity index (χ1) is 16.5. The Morgan fingerprint density at radius 1 is 0.971 bits per heavy atom. The van der Waals surface area contributed by atoms with Gasteiger partial charge < -0.3 is 15.5 Å². The molecule has 2 aromatic carbocycles. The van der Waals surface area contributed by atoms with Gasteiger partial charge in [0.05, 0.1) is 6.04 Å². The van der Waals surface area contributed by atoms with Crippen LogP contribution in [0.5, 0.6) is 0 Å². The summed E-state index contributed by atoms with van der Waals surface area (Å²) in [5.41, 5.74) is 1.54. The van der Waals surface area contributed by atoms with Crippen molar-refractivity contribution in [2.45, 2.75) is 69.6 Å². The van der Waals surface area contributed by atoms with E-state index in [0.717, 1.165) is 30.6 Å². The molecule has 180 valence electrons. The standard InChI is InChI=1S/C27H34N4O3/c1-3-22(28-2)25(32)29-23-16-10-15-21-17-18-24(31(21)26(23)33)27(34)30(19-11-6-4-7-12-19)20-13-8-5-9-14-20/h4-9,11-14,21-24,28H,3,10,15-18H2,1-2H3,(H,29,32)/t21-,22-,23-,24-/m0/s1. The molecule has 4 rings (SSSR count). The topological polar surface area (TPSA) is 81.8 Å². The second-order valence-electron chi connectivity index (χ2n) is 9.08. The zero-order chi connectivity index (χ0) is 24.1. The molecule has 2 aromatic rings. The summed E-state index contributed by atoms with van der Waals surface area (Å²) in [4.78, 5) is 43.9. The summed E-state index contributed by atoms with van der Waals surface area (Å²) in [7, 11) is 1.75. The number of fused-ring (bicyclic) bond motifs is 1. The lowest BCUT2D eigenvalue weighted by Gasteiger charge is -2.34. The van der Waals surface area contributed by atoms with Gasteiger partial charge in [0.15, 0.2) is 0 Å². The molecule has 2 aliphatic rings. The van der Waals surface area contributed by atoms with Crippen LogP contribution in [-0.2, 0) is 14.4 Å². The van der Waals surface area contributed by atoms with Gasteiger partial charge in [0.25, 0.3) is 5.91 Å². The minimum Gasteiger partial charge on any atom is -0.343 e. The maximum atomic E-state index is 14.0. The molecule has 4 atom stereocenters. The van der Waals surface area contributed by atoms with Gasteiger partial charge in [-0.2, -0.15) is 0 Å². The van der Waals surface area contributed by atoms with Crippen LogP contribution in [0, 0.1) is 0 Å². The van der Waals surface area contributed by atoms with E-state index >= 15 is 0 Å². The summed E-state index contributed by atoms with van der Waals surface area (Å²) in [6, 6.07) is 17.6. The fourth-order valence-corrected chi connectivity index (χ4v) is 5.24. The highest BCUT2D eigenvalue weighted by atomic mass is 16.2. The molecular formula is C27H34N4O3. The molecular weight excluding hydrogens is 428 g/mol. The SMILES string of the molecule is CC[C@H](NC)C(=O)N[C@H]1CCC[C@H]2CC[C@@H](C(=O)N(c3ccccc3)c3ccccc3)N2C1=O. The number of amides is 3. The number of nitrogens with zero attached hydrogens (tertiary/aromatic N) is 2. The number of hydrogen-bond donors (Lipinski definition) is 2. The largest absolute Gasteiger partial charge is 0.343 e. The highest BCUT2D eigenvalue weighted by Gasteiger charge is 2.46. The molecule has 0 spiro atoms. The van der Waals surface area contributed by atoms with Crippen molar-refractivity contribution in [1.82, 2.24) is 15.5 Å². The zero-order valence-electron chi connectivity index (χ0n) is 19.9. The Labute approximate surface area is 201 Å². The monoisotopic (exact) mass is 462 g/mol. The number of nitrogens with one attached hydrogen (secondary N) is 2. The van der Waals surface area contributed by atoms with Crippen molar-refractivity contribution >= 4 is 29.1 Å². The highest BCUT2D eigenvalue weighted by Crippen LogP contribution is 2.35. The average molecular weight is 463 g/mol. The number of para-hydroxylation sites is 2. The van der Waals surface area contributed by atoms with Crippen LogP contribution < -0.4 is 15.5 Å². The van der Waals surface area contributed by atoms with Crippen LogP contribution in [0.15, 0.2) is 60.7 Å². The molecule has 0 bridgehead atoms. The van der Waals surface area contributed by atoms with E-state index in [1.54, 1.807) is 16.8 Å². The Bertz CT molecular complexity index is 954. The fourth-order valence-electron chi connectivity index (χ4n) is 5.24. The molecule has 7 nitrogen and oxygen atoms in total. The van der Waals surface area contributed by atoms with Crippen molar-refractivity contribution in [2.24, 2.45) is 0 Å². The van der Waals surface area contributed by atoms with Gasteiger partial charge >= 0.3 is 0 Å². The van der Waals surface area contributed by atoms with E-state index < -0.39 is 12.1 Å². The number of carbonyl (C=O) groups excluding carboxylic acids is 3. The first kappa shape index (κ1) is 24.0. The second-order valence-corrected chi connectivity index (χ2v) is 9.08. The van der Waals surface area contributed by atoms with E-state index in [0.29, 0.717) is 19.3 Å². The smallest absolute Gasteiger partial charge is 0.254 e. The van der Waals surface area contributed by atoms with E-state index in [2.05, 4.69) is 10.6 Å². The third kappa shape index (κ3) is 4.85. The maximum Gasteiger partial charge on any atom is 0.254 e. The Balaban J connectivity index is 1.61. The third-order valence-corrected chi connectivity index (χ3v) is 7.01. The summed E-state index contributed by atoms with van der Waals surface area (Å²) in [5, 5.41) is 5.96. The van der Waals surface area contributed by atoms with Gasteiger partial charge in [0.1, 0.15) is 12.1 Å². The lowest BCUT2D eigenvalue weighted by Crippen LogP contribution is -2.56. The number of benzene rings is 2. The highest BCUT2D eigenvalue weighted by molar-refractivity contribution is 6.05. The summed E-state index contributed by atoms with van der Waals surface area (Å²) >= 11 is 0. The van der Waals surface area contributed by atoms with Gasteiger partial charge in [-0.05, 0) is 69.8 Å². The number of hydrogen-bond acceptors (Lipinski definition) is 4. The van der Waals surface area contributed by atoms with E-state index in [1.165, 1.54) is 0 Å². The summed E-state index contributed by atoms with van der Waals surface area (Å²) in [5.74, 6) is -0.417. The van der Waals surface area contributed by atoms with Crippen LogP contribution in [0.25, 0.3) is 0 Å². The third-order valence-electron chi connectivity index (χ3n) is 7.01. The second kappa shape index (κ2) is 10.8. The normalized spacial score (nSPS) is 23.1. The molecule has 0 unspecified atom stereocenters. The molecule has 7 heteroatoms. The fraction of sp³-hybridized carbons (Fsp3) is 0.444. The predicted molar refractivity (Wildman–Crippen MR) is 133 cm³/mol. The predicted octanol–water partition coefficient (Wildman–Crippen LogP) is 3.38. The number of likely N-dealkylation sites (N-methyl/N-ethyl adjacent to an activating group) is 1. The molecule has 0 aromatic heterocycles. The molecule has 2 N–H and O–H groups in total. The first-order valence-corrected chi connectivity index (χ1v) is 12.3.